The van der Waals surface area contributed by atoms with Gasteiger partial charge in [-0.2, -0.15) is 15.8 Å². The van der Waals surface area contributed by atoms with Crippen molar-refractivity contribution in [1.82, 2.24) is 84.5 Å². The predicted molar refractivity (Wildman–Crippen MR) is 518 cm³/mol. The summed E-state index contributed by atoms with van der Waals surface area (Å²) in [6.45, 7) is 48.1. The molecule has 32 heteroatoms. The van der Waals surface area contributed by atoms with E-state index >= 15 is 0 Å². The van der Waals surface area contributed by atoms with Crippen molar-refractivity contribution >= 4 is 110 Å². The molecule has 6 atom stereocenters. The van der Waals surface area contributed by atoms with Crippen LogP contribution in [-0.2, 0) is 25.5 Å². The number of benzene rings is 3. The highest BCUT2D eigenvalue weighted by atomic mass is 35.5. The van der Waals surface area contributed by atoms with E-state index in [2.05, 4.69) is 195 Å². The summed E-state index contributed by atoms with van der Waals surface area (Å²) in [4.78, 5) is 62.8. The number of hydrogen-bond donors (Lipinski definition) is 4. The van der Waals surface area contributed by atoms with Crippen LogP contribution in [0.3, 0.4) is 0 Å². The van der Waals surface area contributed by atoms with E-state index in [1.54, 1.807) is 30.5 Å². The molecule has 670 valence electrons. The van der Waals surface area contributed by atoms with Crippen molar-refractivity contribution in [3.05, 3.63) is 212 Å². The predicted octanol–water partition coefficient (Wildman–Crippen LogP) is 10.7. The maximum atomic E-state index is 9.86. The van der Waals surface area contributed by atoms with Gasteiger partial charge in [0, 0.05) is 315 Å². The van der Waals surface area contributed by atoms with Crippen LogP contribution in [-0.4, -0.2) is 311 Å². The van der Waals surface area contributed by atoms with Gasteiger partial charge in [-0.25, -0.2) is 19.9 Å². The van der Waals surface area contributed by atoms with E-state index in [-0.39, 0.29) is 25.6 Å². The zero-order valence-corrected chi connectivity index (χ0v) is 77.7. The molecule has 3 aromatic carbocycles. The second-order valence-electron chi connectivity index (χ2n) is 35.6. The van der Waals surface area contributed by atoms with Gasteiger partial charge in [-0.15, -0.1) is 11.6 Å². The smallest absolute Gasteiger partial charge is 0.376 e. The highest BCUT2D eigenvalue weighted by Crippen LogP contribution is 2.37. The van der Waals surface area contributed by atoms with Gasteiger partial charge in [-0.1, -0.05) is 23.2 Å². The Bertz CT molecular complexity index is 5780. The van der Waals surface area contributed by atoms with Crippen LogP contribution in [0.1, 0.15) is 86.1 Å². The number of aryl methyl sites for hydroxylation is 4. The van der Waals surface area contributed by atoms with E-state index in [1.165, 1.54) is 33.4 Å². The lowest BCUT2D eigenvalue weighted by molar-refractivity contribution is 0.0316. The van der Waals surface area contributed by atoms with Crippen LogP contribution in [0.2, 0.25) is 24.0 Å². The maximum absolute atomic E-state index is 9.86. The van der Waals surface area contributed by atoms with Crippen molar-refractivity contribution < 1.29 is 14.2 Å². The second kappa shape index (κ2) is 43.5. The lowest BCUT2D eigenvalue weighted by Crippen LogP contribution is -2.65. The van der Waals surface area contributed by atoms with Crippen molar-refractivity contribution in [2.24, 2.45) is 0 Å². The molecule has 4 N–H and O–H groups in total. The fourth-order valence-electron chi connectivity index (χ4n) is 19.9. The number of rotatable bonds is 14. The molecule has 0 bridgehead atoms. The number of alkyl halides is 1. The molecule has 7 aromatic heterocycles. The minimum absolute atomic E-state index is 0.184. The van der Waals surface area contributed by atoms with Gasteiger partial charge < -0.3 is 54.8 Å². The Labute approximate surface area is 775 Å². The quantitative estimate of drug-likeness (QED) is 0.0448. The lowest BCUT2D eigenvalue weighted by atomic mass is 9.84. The number of piperazine rings is 9. The zero-order chi connectivity index (χ0) is 92.3. The third kappa shape index (κ3) is 22.4. The topological polar surface area (TPSA) is 268 Å². The first kappa shape index (κ1) is 89.1. The number of fused-ring (bicyclic) bond motifs is 6. The molecule has 9 fully saturated rings. The summed E-state index contributed by atoms with van der Waals surface area (Å²) in [5.41, 5.74) is 16.5. The van der Waals surface area contributed by atoms with Gasteiger partial charge in [0.2, 0.25) is 0 Å². The first-order valence-electron chi connectivity index (χ1n) is 46.8. The van der Waals surface area contributed by atoms with Gasteiger partial charge in [0.15, 0.2) is 0 Å². The number of halogens is 3. The Morgan fingerprint density at radius 3 is 1.05 bits per heavy atom. The van der Waals surface area contributed by atoms with E-state index in [1.807, 2.05) is 75.3 Å². The Morgan fingerprint density at radius 1 is 0.398 bits per heavy atom. The Kier molecular flexibility index (Phi) is 30.3. The molecule has 128 heavy (non-hydrogen) atoms. The highest BCUT2D eigenvalue weighted by molar-refractivity contribution is 6.45. The number of pyridine rings is 7. The minimum Gasteiger partial charge on any atom is -0.437 e. The van der Waals surface area contributed by atoms with Crippen LogP contribution in [0.5, 0.6) is 0 Å². The molecule has 0 spiro atoms. The SMILES string of the molecule is CB(O)N1CCNCC1.Cc1cc(Cl)ncc1CCl.[2H]c1ccc2c(N3C[C@@H]4CN(Cc5cnc(Cl)cc5C)CCN4[C@H](C)C3)ccc(C#N)c2n1.[2H]c1ccc2c(N3C[C@@H]4CN(Cc5cnc(N6CCN(B(C)O)CC6)cc5C)CCN4[C@H](C)C3)ccc(C#N)c2n1.[2H]c1ccc2c(N3C[C@@H]4CN(Cc5cnc(N6CCNCC6)cc5C)CCN4[C@H](C)C3)ccc(C#N)c2n1. The van der Waals surface area contributed by atoms with Gasteiger partial charge in [0.1, 0.15) is 40.1 Å². The molecule has 9 saturated heterocycles. The molecule has 0 saturated carbocycles. The van der Waals surface area contributed by atoms with Crippen LogP contribution >= 0.6 is 34.8 Å². The fraction of sp³-hybridized carbons (Fsp3) is 0.479. The third-order valence-electron chi connectivity index (χ3n) is 27.1. The van der Waals surface area contributed by atoms with Crippen molar-refractivity contribution in [3.63, 3.8) is 0 Å². The largest absolute Gasteiger partial charge is 0.437 e. The number of aromatic nitrogens is 7. The standard InChI is InChI=1S/C30H39BN8O.C29H36N8.C25H27ClN6.C7H7Cl2N.C5H13BN2O/c1-22-15-29(36-10-12-38(13-11-36)31(3)40)34-17-25(22)19-35-9-14-39-23(2)18-37(21-26(39)20-35)28-7-6-24(16-32)30-27(28)5-4-8-33-30;1-21-14-28(35-10-8-31-9-11-35)33-16-24(21)18-34-12-13-37-22(2)17-36(20-25(37)19-34)27-6-5-23(15-30)29-26(27)4-3-7-32-29;1-17-10-24(26)29-12-20(17)14-30-8-9-32-18(2)13-31(16-21(32)15-30)23-6-5-19(11-27)25-22(23)4-3-7-28-25;1-5-2-7(9)10-4-6(5)3-8;1-6(9)8-4-2-7-3-5-8/h4-8,15,17,23,26,40H,9-14,18-21H2,1-3H3;3-7,14,16,22,25,31H,8-13,17-20H2,1-2H3;3-7,10,12,18,21H,8-9,13-16H2,1-2H3;2,4H,3H2,1H3;7,9H,2-5H2,1H3/t23-,26+;22-,25+;18-,21+;;/m111../s1/i8D;2*7D;;. The van der Waals surface area contributed by atoms with E-state index in [9.17, 15) is 20.8 Å². The van der Waals surface area contributed by atoms with Gasteiger partial charge in [0.05, 0.1) is 37.4 Å². The van der Waals surface area contributed by atoms with Gasteiger partial charge in [-0.3, -0.25) is 44.4 Å². The van der Waals surface area contributed by atoms with E-state index in [0.717, 1.165) is 252 Å². The van der Waals surface area contributed by atoms with Crippen molar-refractivity contribution in [2.75, 3.05) is 201 Å². The van der Waals surface area contributed by atoms with Gasteiger partial charge in [-0.05, 0) is 204 Å². The number of nitrogens with one attached hydrogen (secondary N) is 2. The van der Waals surface area contributed by atoms with Crippen LogP contribution in [0.25, 0.3) is 32.7 Å². The second-order valence-corrected chi connectivity index (χ2v) is 36.7. The molecule has 19 rings (SSSR count). The average Bonchev–Trinajstić information content (AvgIpc) is 0.771. The molecular weight excluding hydrogens is 1660 g/mol. The third-order valence-corrected chi connectivity index (χ3v) is 27.8. The average molecular weight is 1790 g/mol. The molecule has 0 aliphatic carbocycles. The van der Waals surface area contributed by atoms with Crippen molar-refractivity contribution in [1.29, 1.82) is 15.8 Å². The molecule has 16 heterocycles. The molecule has 9 aliphatic heterocycles. The number of nitrogens with zero attached hydrogens (tertiary/aromatic N) is 23. The van der Waals surface area contributed by atoms with E-state index in [4.69, 9.17) is 53.9 Å². The van der Waals surface area contributed by atoms with Crippen molar-refractivity contribution in [3.8, 4) is 18.2 Å². The van der Waals surface area contributed by atoms with Gasteiger partial charge in [0.25, 0.3) is 0 Å². The van der Waals surface area contributed by atoms with E-state index < -0.39 is 7.05 Å². The van der Waals surface area contributed by atoms with Crippen LogP contribution in [0.4, 0.5) is 28.7 Å². The summed E-state index contributed by atoms with van der Waals surface area (Å²) >= 11 is 17.3. The summed E-state index contributed by atoms with van der Waals surface area (Å²) in [7, 11) is -0.668. The first-order chi connectivity index (χ1) is 63.3. The molecule has 10 aromatic rings. The molecule has 9 aliphatic rings. The van der Waals surface area contributed by atoms with Crippen LogP contribution in [0, 0.1) is 61.7 Å². The molecule has 27 nitrogen and oxygen atoms in total. The maximum Gasteiger partial charge on any atom is 0.376 e. The zero-order valence-electron chi connectivity index (χ0n) is 78.4. The van der Waals surface area contributed by atoms with Crippen molar-refractivity contribution in [2.45, 2.75) is 124 Å². The summed E-state index contributed by atoms with van der Waals surface area (Å²) in [6, 6.07) is 40.1. The summed E-state index contributed by atoms with van der Waals surface area (Å²) in [5, 5.41) is 58.2. The lowest BCUT2D eigenvalue weighted by Gasteiger charge is -2.51. The van der Waals surface area contributed by atoms with Crippen LogP contribution in [0.15, 0.2) is 140 Å². The summed E-state index contributed by atoms with van der Waals surface area (Å²) < 4.78 is 23.8. The van der Waals surface area contributed by atoms with E-state index in [0.29, 0.717) is 85.7 Å². The molecule has 0 amide bonds. The Balaban J connectivity index is 0.000000137. The monoisotopic (exact) mass is 1790 g/mol. The molecule has 0 unspecified atom stereocenters. The first-order valence-corrected chi connectivity index (χ1v) is 46.6. The Hall–Kier alpha value is -9.52. The summed E-state index contributed by atoms with van der Waals surface area (Å²) in [5.74, 6) is 2.62. The number of anilines is 5. The fourth-order valence-corrected chi connectivity index (χ4v) is 20.6. The minimum atomic E-state index is -0.397. The molecule has 0 radical (unpaired) electrons. The normalized spacial score (nSPS) is 22.0. The highest BCUT2D eigenvalue weighted by Gasteiger charge is 2.41. The summed E-state index contributed by atoms with van der Waals surface area (Å²) in [6.07, 6.45) is 8.31. The number of nitriles is 3. The van der Waals surface area contributed by atoms with Crippen LogP contribution < -0.4 is 35.1 Å². The van der Waals surface area contributed by atoms with Gasteiger partial charge >= 0.3 is 14.1 Å². The molecular formula is C96H122B2Cl3N25O2. The Morgan fingerprint density at radius 2 is 0.727 bits per heavy atom. The number of hydrogen-bond acceptors (Lipinski definition) is 27.